The van der Waals surface area contributed by atoms with Gasteiger partial charge in [-0.2, -0.15) is 16.4 Å². The maximum Gasteiger partial charge on any atom is 0.186 e. The summed E-state index contributed by atoms with van der Waals surface area (Å²) >= 11 is 1.57. The van der Waals surface area contributed by atoms with Crippen LogP contribution in [-0.4, -0.2) is 31.4 Å². The van der Waals surface area contributed by atoms with Gasteiger partial charge in [0.05, 0.1) is 5.39 Å². The van der Waals surface area contributed by atoms with Gasteiger partial charge in [0.1, 0.15) is 17.7 Å². The van der Waals surface area contributed by atoms with Gasteiger partial charge in [0.25, 0.3) is 0 Å². The normalized spacial score (nSPS) is 14.3. The van der Waals surface area contributed by atoms with E-state index < -0.39 is 5.60 Å². The second-order valence-electron chi connectivity index (χ2n) is 4.90. The van der Waals surface area contributed by atoms with E-state index in [-0.39, 0.29) is 0 Å². The monoisotopic (exact) mass is 289 g/mol. The van der Waals surface area contributed by atoms with Crippen LogP contribution in [0.5, 0.6) is 0 Å². The highest BCUT2D eigenvalue weighted by molar-refractivity contribution is 7.08. The Bertz CT molecular complexity index is 720. The Morgan fingerprint density at radius 2 is 2.30 bits per heavy atom. The molecular formula is C13H15N5OS. The lowest BCUT2D eigenvalue weighted by molar-refractivity contribution is 0.0719. The second-order valence-corrected chi connectivity index (χ2v) is 5.68. The number of aryl methyl sites for hydroxylation is 1. The number of aromatic nitrogens is 4. The number of fused-ring (bicyclic) bond motifs is 1. The molecule has 0 aliphatic heterocycles. The molecule has 3 rings (SSSR count). The molecule has 0 fully saturated rings. The van der Waals surface area contributed by atoms with Crippen molar-refractivity contribution in [3.05, 3.63) is 34.9 Å². The number of aliphatic hydroxyl groups is 1. The quantitative estimate of drug-likeness (QED) is 0.765. The van der Waals surface area contributed by atoms with Gasteiger partial charge in [0, 0.05) is 19.8 Å². The summed E-state index contributed by atoms with van der Waals surface area (Å²) in [5.74, 6) is 0.679. The molecule has 1 unspecified atom stereocenters. The zero-order valence-electron chi connectivity index (χ0n) is 11.2. The maximum absolute atomic E-state index is 10.5. The molecule has 0 aliphatic carbocycles. The van der Waals surface area contributed by atoms with Gasteiger partial charge in [-0.3, -0.25) is 4.68 Å². The summed E-state index contributed by atoms with van der Waals surface area (Å²) < 4.78 is 1.70. The van der Waals surface area contributed by atoms with Crippen molar-refractivity contribution in [2.24, 2.45) is 7.05 Å². The van der Waals surface area contributed by atoms with E-state index in [0.717, 1.165) is 10.9 Å². The van der Waals surface area contributed by atoms with E-state index in [1.807, 2.05) is 30.1 Å². The highest BCUT2D eigenvalue weighted by Gasteiger charge is 2.23. The van der Waals surface area contributed by atoms with Crippen LogP contribution in [-0.2, 0) is 12.6 Å². The topological polar surface area (TPSA) is 75.9 Å². The van der Waals surface area contributed by atoms with E-state index in [4.69, 9.17) is 0 Å². The van der Waals surface area contributed by atoms with E-state index in [2.05, 4.69) is 20.4 Å². The van der Waals surface area contributed by atoms with Crippen LogP contribution in [0.25, 0.3) is 11.0 Å². The first kappa shape index (κ1) is 13.0. The molecule has 0 saturated heterocycles. The van der Waals surface area contributed by atoms with Crippen LogP contribution in [0, 0.1) is 0 Å². The van der Waals surface area contributed by atoms with Gasteiger partial charge in [0.15, 0.2) is 5.65 Å². The Morgan fingerprint density at radius 1 is 1.45 bits per heavy atom. The standard InChI is InChI=1S/C13H15N5OS/c1-13(19,9-3-4-20-6-9)7-14-11-10-5-18(2)17-12(10)16-8-15-11/h3-6,8,19H,7H2,1-2H3,(H,14,15,16,17). The molecule has 3 heterocycles. The third-order valence-electron chi connectivity index (χ3n) is 3.17. The van der Waals surface area contributed by atoms with Crippen molar-refractivity contribution in [3.8, 4) is 0 Å². The van der Waals surface area contributed by atoms with Crippen LogP contribution in [0.3, 0.4) is 0 Å². The van der Waals surface area contributed by atoms with E-state index in [1.165, 1.54) is 6.33 Å². The van der Waals surface area contributed by atoms with Crippen molar-refractivity contribution in [3.63, 3.8) is 0 Å². The van der Waals surface area contributed by atoms with Gasteiger partial charge in [-0.25, -0.2) is 9.97 Å². The molecule has 0 aliphatic rings. The molecule has 0 saturated carbocycles. The van der Waals surface area contributed by atoms with Gasteiger partial charge in [-0.15, -0.1) is 0 Å². The molecule has 3 aromatic heterocycles. The summed E-state index contributed by atoms with van der Waals surface area (Å²) in [7, 11) is 1.84. The molecule has 0 radical (unpaired) electrons. The number of hydrogen-bond acceptors (Lipinski definition) is 6. The first-order valence-electron chi connectivity index (χ1n) is 6.19. The Labute approximate surface area is 120 Å². The lowest BCUT2D eigenvalue weighted by atomic mass is 9.99. The molecule has 0 amide bonds. The molecule has 104 valence electrons. The Morgan fingerprint density at radius 3 is 3.05 bits per heavy atom. The summed E-state index contributed by atoms with van der Waals surface area (Å²) in [4.78, 5) is 8.33. The molecule has 2 N–H and O–H groups in total. The summed E-state index contributed by atoms with van der Waals surface area (Å²) in [6.45, 7) is 2.15. The van der Waals surface area contributed by atoms with Crippen LogP contribution in [0.2, 0.25) is 0 Å². The Hall–Kier alpha value is -1.99. The van der Waals surface area contributed by atoms with E-state index in [0.29, 0.717) is 18.0 Å². The summed E-state index contributed by atoms with van der Waals surface area (Å²) in [5.41, 5.74) is 0.589. The highest BCUT2D eigenvalue weighted by atomic mass is 32.1. The zero-order chi connectivity index (χ0) is 14.2. The minimum Gasteiger partial charge on any atom is -0.384 e. The van der Waals surface area contributed by atoms with E-state index in [9.17, 15) is 5.11 Å². The Kier molecular flexibility index (Phi) is 3.15. The average Bonchev–Trinajstić information content (AvgIpc) is 3.04. The van der Waals surface area contributed by atoms with Crippen LogP contribution >= 0.6 is 11.3 Å². The second kappa shape index (κ2) is 4.84. The van der Waals surface area contributed by atoms with Crippen molar-refractivity contribution in [1.29, 1.82) is 0 Å². The fraction of sp³-hybridized carbons (Fsp3) is 0.308. The number of nitrogens with one attached hydrogen (secondary N) is 1. The smallest absolute Gasteiger partial charge is 0.186 e. The van der Waals surface area contributed by atoms with Crippen LogP contribution < -0.4 is 5.32 Å². The number of anilines is 1. The predicted octanol–water partition coefficient (Wildman–Crippen LogP) is 1.74. The van der Waals surface area contributed by atoms with Crippen LogP contribution in [0.15, 0.2) is 29.4 Å². The number of thiophene rings is 1. The lowest BCUT2D eigenvalue weighted by Gasteiger charge is -2.23. The predicted molar refractivity (Wildman–Crippen MR) is 78.7 cm³/mol. The molecule has 7 heteroatoms. The third-order valence-corrected chi connectivity index (χ3v) is 3.86. The van der Waals surface area contributed by atoms with Crippen molar-refractivity contribution < 1.29 is 5.11 Å². The largest absolute Gasteiger partial charge is 0.384 e. The minimum absolute atomic E-state index is 0.366. The minimum atomic E-state index is -0.945. The molecule has 3 aromatic rings. The molecule has 0 spiro atoms. The fourth-order valence-electron chi connectivity index (χ4n) is 2.02. The van der Waals surface area contributed by atoms with Gasteiger partial charge in [-0.05, 0) is 29.3 Å². The molecule has 20 heavy (non-hydrogen) atoms. The molecule has 6 nitrogen and oxygen atoms in total. The van der Waals surface area contributed by atoms with Crippen molar-refractivity contribution in [2.75, 3.05) is 11.9 Å². The molecule has 0 bridgehead atoms. The molecule has 1 atom stereocenters. The maximum atomic E-state index is 10.5. The number of hydrogen-bond donors (Lipinski definition) is 2. The third kappa shape index (κ3) is 2.37. The summed E-state index contributed by atoms with van der Waals surface area (Å²) in [5, 5.41) is 22.6. The molecular weight excluding hydrogens is 274 g/mol. The zero-order valence-corrected chi connectivity index (χ0v) is 12.1. The highest BCUT2D eigenvalue weighted by Crippen LogP contribution is 2.24. The summed E-state index contributed by atoms with van der Waals surface area (Å²) in [6, 6.07) is 1.92. The number of rotatable bonds is 4. The lowest BCUT2D eigenvalue weighted by Crippen LogP contribution is -2.30. The van der Waals surface area contributed by atoms with E-state index >= 15 is 0 Å². The Balaban J connectivity index is 1.83. The summed E-state index contributed by atoms with van der Waals surface area (Å²) in [6.07, 6.45) is 3.33. The van der Waals surface area contributed by atoms with Gasteiger partial charge < -0.3 is 10.4 Å². The fourth-order valence-corrected chi connectivity index (χ4v) is 2.80. The van der Waals surface area contributed by atoms with Crippen LogP contribution in [0.1, 0.15) is 12.5 Å². The van der Waals surface area contributed by atoms with Crippen LogP contribution in [0.4, 0.5) is 5.82 Å². The van der Waals surface area contributed by atoms with E-state index in [1.54, 1.807) is 22.9 Å². The van der Waals surface area contributed by atoms with Crippen molar-refractivity contribution in [1.82, 2.24) is 19.7 Å². The van der Waals surface area contributed by atoms with Gasteiger partial charge in [0.2, 0.25) is 0 Å². The van der Waals surface area contributed by atoms with Crippen molar-refractivity contribution in [2.45, 2.75) is 12.5 Å². The number of nitrogens with zero attached hydrogens (tertiary/aromatic N) is 4. The average molecular weight is 289 g/mol. The first-order chi connectivity index (χ1) is 9.56. The van der Waals surface area contributed by atoms with Gasteiger partial charge >= 0.3 is 0 Å². The molecule has 0 aromatic carbocycles. The SMILES string of the molecule is Cn1cc2c(NCC(C)(O)c3ccsc3)ncnc2n1. The van der Waals surface area contributed by atoms with Gasteiger partial charge in [-0.1, -0.05) is 0 Å². The first-order valence-corrected chi connectivity index (χ1v) is 7.14. The van der Waals surface area contributed by atoms with Crippen molar-refractivity contribution >= 4 is 28.2 Å².